The minimum Gasteiger partial charge on any atom is -0.481 e. The van der Waals surface area contributed by atoms with Crippen LogP contribution >= 0.6 is 0 Å². The van der Waals surface area contributed by atoms with Crippen LogP contribution in [0.5, 0.6) is 0 Å². The third-order valence-corrected chi connectivity index (χ3v) is 3.75. The molecule has 22 heavy (non-hydrogen) atoms. The van der Waals surface area contributed by atoms with Crippen LogP contribution in [0.1, 0.15) is 17.5 Å². The predicted octanol–water partition coefficient (Wildman–Crippen LogP) is 2.11. The fraction of sp³-hybridized carbons (Fsp3) is 0.500. The molecule has 0 saturated carbocycles. The summed E-state index contributed by atoms with van der Waals surface area (Å²) in [5.41, 5.74) is -1.57. The molecule has 0 aromatic heterocycles. The number of halogens is 4. The van der Waals surface area contributed by atoms with E-state index >= 15 is 0 Å². The zero-order valence-corrected chi connectivity index (χ0v) is 11.5. The molecule has 4 nitrogen and oxygen atoms in total. The van der Waals surface area contributed by atoms with E-state index in [1.807, 2.05) is 0 Å². The lowest BCUT2D eigenvalue weighted by Gasteiger charge is -2.34. The lowest BCUT2D eigenvalue weighted by atomic mass is 9.94. The minimum absolute atomic E-state index is 0.0791. The fourth-order valence-corrected chi connectivity index (χ4v) is 2.65. The smallest absolute Gasteiger partial charge is 0.419 e. The standard InChI is InChI=1S/C14H15F4NO3/c15-10-3-1-2-8(12(10)14(16,17)18)6-19-5-4-11(20)9(7-19)13(21)22/h1-3,9,11,20H,4-7H2,(H,21,22)/t9-,11-/m0/s1. The third kappa shape index (κ3) is 3.56. The Morgan fingerprint density at radius 3 is 2.64 bits per heavy atom. The van der Waals surface area contributed by atoms with Crippen molar-refractivity contribution in [1.82, 2.24) is 4.90 Å². The van der Waals surface area contributed by atoms with Gasteiger partial charge in [0.25, 0.3) is 0 Å². The summed E-state index contributed by atoms with van der Waals surface area (Å²) in [6, 6.07) is 3.10. The normalized spacial score (nSPS) is 23.5. The van der Waals surface area contributed by atoms with Crippen molar-refractivity contribution in [1.29, 1.82) is 0 Å². The number of hydrogen-bond donors (Lipinski definition) is 2. The topological polar surface area (TPSA) is 60.8 Å². The van der Waals surface area contributed by atoms with Gasteiger partial charge in [-0.05, 0) is 18.1 Å². The monoisotopic (exact) mass is 321 g/mol. The molecule has 1 saturated heterocycles. The number of carbonyl (C=O) groups is 1. The van der Waals surface area contributed by atoms with Gasteiger partial charge in [-0.15, -0.1) is 0 Å². The molecule has 1 heterocycles. The van der Waals surface area contributed by atoms with E-state index in [0.717, 1.165) is 6.07 Å². The number of aliphatic carboxylic acids is 1. The zero-order chi connectivity index (χ0) is 16.5. The quantitative estimate of drug-likeness (QED) is 0.837. The number of aliphatic hydroxyl groups excluding tert-OH is 1. The van der Waals surface area contributed by atoms with Gasteiger partial charge in [-0.3, -0.25) is 9.69 Å². The van der Waals surface area contributed by atoms with Crippen LogP contribution in [-0.2, 0) is 17.5 Å². The SMILES string of the molecule is O=C(O)[C@H]1CN(Cc2cccc(F)c2C(F)(F)F)CC[C@@H]1O. The van der Waals surface area contributed by atoms with Gasteiger partial charge in [0.05, 0.1) is 17.6 Å². The molecule has 1 aliphatic heterocycles. The first-order valence-electron chi connectivity index (χ1n) is 6.68. The van der Waals surface area contributed by atoms with Crippen molar-refractivity contribution < 1.29 is 32.6 Å². The van der Waals surface area contributed by atoms with Crippen LogP contribution in [0, 0.1) is 11.7 Å². The summed E-state index contributed by atoms with van der Waals surface area (Å²) in [4.78, 5) is 12.5. The first-order valence-corrected chi connectivity index (χ1v) is 6.68. The lowest BCUT2D eigenvalue weighted by Crippen LogP contribution is -2.46. The van der Waals surface area contributed by atoms with Crippen molar-refractivity contribution in [3.05, 3.63) is 35.1 Å². The highest BCUT2D eigenvalue weighted by atomic mass is 19.4. The van der Waals surface area contributed by atoms with Gasteiger partial charge in [-0.1, -0.05) is 12.1 Å². The number of hydrogen-bond acceptors (Lipinski definition) is 3. The molecular formula is C14H15F4NO3. The molecule has 8 heteroatoms. The average molecular weight is 321 g/mol. The second-order valence-corrected chi connectivity index (χ2v) is 5.31. The Bertz CT molecular complexity index is 562. The van der Waals surface area contributed by atoms with E-state index in [-0.39, 0.29) is 31.6 Å². The van der Waals surface area contributed by atoms with E-state index in [4.69, 9.17) is 5.11 Å². The molecule has 122 valence electrons. The summed E-state index contributed by atoms with van der Waals surface area (Å²) >= 11 is 0. The van der Waals surface area contributed by atoms with E-state index in [1.54, 1.807) is 0 Å². The van der Waals surface area contributed by atoms with Gasteiger partial charge in [0.2, 0.25) is 0 Å². The van der Waals surface area contributed by atoms with Crippen LogP contribution in [-0.4, -0.2) is 40.3 Å². The van der Waals surface area contributed by atoms with Gasteiger partial charge in [-0.25, -0.2) is 4.39 Å². The maximum atomic E-state index is 13.5. The van der Waals surface area contributed by atoms with Crippen LogP contribution < -0.4 is 0 Å². The maximum Gasteiger partial charge on any atom is 0.419 e. The van der Waals surface area contributed by atoms with Gasteiger partial charge in [-0.2, -0.15) is 13.2 Å². The molecule has 0 unspecified atom stereocenters. The van der Waals surface area contributed by atoms with Crippen LogP contribution in [0.15, 0.2) is 18.2 Å². The van der Waals surface area contributed by atoms with E-state index < -0.39 is 35.5 Å². The number of alkyl halides is 3. The van der Waals surface area contributed by atoms with Crippen LogP contribution in [0.2, 0.25) is 0 Å². The van der Waals surface area contributed by atoms with Crippen LogP contribution in [0.25, 0.3) is 0 Å². The Morgan fingerprint density at radius 1 is 1.36 bits per heavy atom. The molecule has 1 aromatic carbocycles. The molecular weight excluding hydrogens is 306 g/mol. The second kappa shape index (κ2) is 6.21. The molecule has 1 aromatic rings. The fourth-order valence-electron chi connectivity index (χ4n) is 2.65. The summed E-state index contributed by atoms with van der Waals surface area (Å²) in [6.07, 6.45) is -5.70. The predicted molar refractivity (Wildman–Crippen MR) is 68.4 cm³/mol. The van der Waals surface area contributed by atoms with Gasteiger partial charge >= 0.3 is 12.1 Å². The number of carboxylic acid groups (broad SMARTS) is 1. The highest BCUT2D eigenvalue weighted by molar-refractivity contribution is 5.71. The van der Waals surface area contributed by atoms with Gasteiger partial charge in [0.15, 0.2) is 0 Å². The Labute approximate surface area is 124 Å². The summed E-state index contributed by atoms with van der Waals surface area (Å²) in [5, 5.41) is 18.6. The molecule has 0 bridgehead atoms. The number of carboxylic acids is 1. The Kier molecular flexibility index (Phi) is 4.72. The number of aliphatic hydroxyl groups is 1. The molecule has 2 atom stereocenters. The third-order valence-electron chi connectivity index (χ3n) is 3.75. The van der Waals surface area contributed by atoms with Crippen molar-refractivity contribution in [2.45, 2.75) is 25.2 Å². The largest absolute Gasteiger partial charge is 0.481 e. The van der Waals surface area contributed by atoms with Crippen LogP contribution in [0.3, 0.4) is 0 Å². The van der Waals surface area contributed by atoms with E-state index in [2.05, 4.69) is 0 Å². The van der Waals surface area contributed by atoms with Gasteiger partial charge in [0, 0.05) is 19.6 Å². The number of nitrogens with zero attached hydrogens (tertiary/aromatic N) is 1. The van der Waals surface area contributed by atoms with E-state index in [1.165, 1.54) is 17.0 Å². The second-order valence-electron chi connectivity index (χ2n) is 5.31. The van der Waals surface area contributed by atoms with Crippen molar-refractivity contribution in [2.24, 2.45) is 5.92 Å². The van der Waals surface area contributed by atoms with Gasteiger partial charge < -0.3 is 10.2 Å². The number of likely N-dealkylation sites (tertiary alicyclic amines) is 1. The summed E-state index contributed by atoms with van der Waals surface area (Å²) in [6.45, 7) is -0.0494. The molecule has 2 rings (SSSR count). The minimum atomic E-state index is -4.82. The Balaban J connectivity index is 2.21. The first kappa shape index (κ1) is 16.7. The molecule has 0 aliphatic carbocycles. The number of benzene rings is 1. The van der Waals surface area contributed by atoms with E-state index in [0.29, 0.717) is 0 Å². The number of rotatable bonds is 3. The van der Waals surface area contributed by atoms with Crippen molar-refractivity contribution in [2.75, 3.05) is 13.1 Å². The van der Waals surface area contributed by atoms with Crippen LogP contribution in [0.4, 0.5) is 17.6 Å². The highest BCUT2D eigenvalue weighted by Crippen LogP contribution is 2.35. The molecule has 0 amide bonds. The molecule has 0 spiro atoms. The van der Waals surface area contributed by atoms with Crippen molar-refractivity contribution in [3.63, 3.8) is 0 Å². The average Bonchev–Trinajstić information content (AvgIpc) is 2.39. The maximum absolute atomic E-state index is 13.5. The summed E-state index contributed by atoms with van der Waals surface area (Å²) in [7, 11) is 0. The molecule has 1 fully saturated rings. The van der Waals surface area contributed by atoms with Gasteiger partial charge in [0.1, 0.15) is 5.82 Å². The molecule has 2 N–H and O–H groups in total. The Hall–Kier alpha value is -1.67. The van der Waals surface area contributed by atoms with Crippen molar-refractivity contribution in [3.8, 4) is 0 Å². The zero-order valence-electron chi connectivity index (χ0n) is 11.5. The van der Waals surface area contributed by atoms with Crippen molar-refractivity contribution >= 4 is 5.97 Å². The van der Waals surface area contributed by atoms with E-state index in [9.17, 15) is 27.5 Å². The molecule has 0 radical (unpaired) electrons. The first-order chi connectivity index (χ1) is 10.2. The summed E-state index contributed by atoms with van der Waals surface area (Å²) in [5.74, 6) is -3.61. The Morgan fingerprint density at radius 2 is 2.05 bits per heavy atom. The summed E-state index contributed by atoms with van der Waals surface area (Å²) < 4.78 is 52.3. The lowest BCUT2D eigenvalue weighted by molar-refractivity contribution is -0.149. The molecule has 1 aliphatic rings. The number of piperidine rings is 1. The highest BCUT2D eigenvalue weighted by Gasteiger charge is 2.38.